The lowest BCUT2D eigenvalue weighted by Crippen LogP contribution is -2.51. The molecule has 1 fully saturated rings. The van der Waals surface area contributed by atoms with Gasteiger partial charge in [-0.05, 0) is 40.3 Å². The fourth-order valence-electron chi connectivity index (χ4n) is 3.28. The van der Waals surface area contributed by atoms with Gasteiger partial charge in [-0.1, -0.05) is 30.3 Å². The van der Waals surface area contributed by atoms with Crippen LogP contribution in [0.3, 0.4) is 0 Å². The van der Waals surface area contributed by atoms with E-state index in [2.05, 4.69) is 25.7 Å². The maximum atomic E-state index is 13.1. The standard InChI is InChI=1S/C20H22FN7O/c21-17-6-8-18(9-7-17)28-19(23-24-25-28)15-26-10-12-27(13-11-26)20(29)22-14-16-4-2-1-3-5-16/h1-9H,10-15H2,(H,22,29). The minimum atomic E-state index is -0.301. The minimum absolute atomic E-state index is 0.0513. The van der Waals surface area contributed by atoms with Gasteiger partial charge in [0, 0.05) is 32.7 Å². The molecule has 0 spiro atoms. The molecule has 2 amide bonds. The van der Waals surface area contributed by atoms with Gasteiger partial charge in [0.05, 0.1) is 12.2 Å². The number of carbonyl (C=O) groups excluding carboxylic acids is 1. The molecule has 8 nitrogen and oxygen atoms in total. The van der Waals surface area contributed by atoms with Crippen molar-refractivity contribution in [3.8, 4) is 5.69 Å². The molecule has 1 N–H and O–H groups in total. The van der Waals surface area contributed by atoms with Crippen LogP contribution in [0.1, 0.15) is 11.4 Å². The van der Waals surface area contributed by atoms with Gasteiger partial charge in [0.2, 0.25) is 0 Å². The molecular formula is C20H22FN7O. The van der Waals surface area contributed by atoms with E-state index in [1.54, 1.807) is 16.8 Å². The molecule has 1 aliphatic rings. The Labute approximate surface area is 167 Å². The van der Waals surface area contributed by atoms with Crippen LogP contribution in [0.5, 0.6) is 0 Å². The number of hydrogen-bond donors (Lipinski definition) is 1. The molecule has 1 aromatic heterocycles. The van der Waals surface area contributed by atoms with Crippen LogP contribution in [0.25, 0.3) is 5.69 Å². The normalized spacial score (nSPS) is 14.7. The first-order valence-electron chi connectivity index (χ1n) is 9.51. The first kappa shape index (κ1) is 19.0. The molecule has 0 aliphatic carbocycles. The van der Waals surface area contributed by atoms with Gasteiger partial charge in [-0.25, -0.2) is 9.18 Å². The molecule has 9 heteroatoms. The largest absolute Gasteiger partial charge is 0.334 e. The second kappa shape index (κ2) is 8.78. The zero-order valence-electron chi connectivity index (χ0n) is 15.9. The number of piperazine rings is 1. The number of amides is 2. The van der Waals surface area contributed by atoms with Crippen molar-refractivity contribution in [2.45, 2.75) is 13.1 Å². The Morgan fingerprint density at radius 1 is 1.00 bits per heavy atom. The SMILES string of the molecule is O=C(NCc1ccccc1)N1CCN(Cc2nnnn2-c2ccc(F)cc2)CC1. The number of aromatic nitrogens is 4. The Morgan fingerprint density at radius 2 is 1.72 bits per heavy atom. The summed E-state index contributed by atoms with van der Waals surface area (Å²) < 4.78 is 14.8. The van der Waals surface area contributed by atoms with Crippen LogP contribution in [0.15, 0.2) is 54.6 Å². The second-order valence-electron chi connectivity index (χ2n) is 6.89. The van der Waals surface area contributed by atoms with Crippen LogP contribution in [0.2, 0.25) is 0 Å². The van der Waals surface area contributed by atoms with Gasteiger partial charge < -0.3 is 10.2 Å². The molecule has 0 saturated carbocycles. The lowest BCUT2D eigenvalue weighted by atomic mass is 10.2. The average Bonchev–Trinajstić information content (AvgIpc) is 3.22. The fourth-order valence-corrected chi connectivity index (χ4v) is 3.28. The molecule has 0 atom stereocenters. The summed E-state index contributed by atoms with van der Waals surface area (Å²) >= 11 is 0. The molecule has 150 valence electrons. The van der Waals surface area contributed by atoms with Crippen LogP contribution in [-0.4, -0.2) is 62.2 Å². The number of nitrogens with zero attached hydrogens (tertiary/aromatic N) is 6. The van der Waals surface area contributed by atoms with Crippen LogP contribution in [-0.2, 0) is 13.1 Å². The summed E-state index contributed by atoms with van der Waals surface area (Å²) in [5.74, 6) is 0.378. The third-order valence-corrected chi connectivity index (χ3v) is 4.92. The Balaban J connectivity index is 1.29. The van der Waals surface area contributed by atoms with Crippen LogP contribution < -0.4 is 5.32 Å². The second-order valence-corrected chi connectivity index (χ2v) is 6.89. The third-order valence-electron chi connectivity index (χ3n) is 4.92. The summed E-state index contributed by atoms with van der Waals surface area (Å²) in [5, 5.41) is 14.8. The molecule has 0 unspecified atom stereocenters. The Bertz CT molecular complexity index is 937. The Kier molecular flexibility index (Phi) is 5.76. The van der Waals surface area contributed by atoms with Gasteiger partial charge in [-0.15, -0.1) is 5.10 Å². The van der Waals surface area contributed by atoms with E-state index in [0.717, 1.165) is 18.7 Å². The number of urea groups is 1. The predicted molar refractivity (Wildman–Crippen MR) is 105 cm³/mol. The van der Waals surface area contributed by atoms with E-state index in [9.17, 15) is 9.18 Å². The van der Waals surface area contributed by atoms with Crippen molar-refractivity contribution in [3.63, 3.8) is 0 Å². The van der Waals surface area contributed by atoms with E-state index in [0.29, 0.717) is 37.7 Å². The van der Waals surface area contributed by atoms with E-state index >= 15 is 0 Å². The lowest BCUT2D eigenvalue weighted by Gasteiger charge is -2.34. The topological polar surface area (TPSA) is 79.2 Å². The van der Waals surface area contributed by atoms with E-state index < -0.39 is 0 Å². The number of hydrogen-bond acceptors (Lipinski definition) is 5. The number of tetrazole rings is 1. The number of benzene rings is 2. The molecule has 3 aromatic rings. The summed E-state index contributed by atoms with van der Waals surface area (Å²) in [6.07, 6.45) is 0. The highest BCUT2D eigenvalue weighted by Gasteiger charge is 2.22. The van der Waals surface area contributed by atoms with Crippen LogP contribution in [0.4, 0.5) is 9.18 Å². The fraction of sp³-hybridized carbons (Fsp3) is 0.300. The highest BCUT2D eigenvalue weighted by Crippen LogP contribution is 2.12. The predicted octanol–water partition coefficient (Wildman–Crippen LogP) is 1.83. The highest BCUT2D eigenvalue weighted by molar-refractivity contribution is 5.74. The van der Waals surface area contributed by atoms with Gasteiger partial charge in [0.1, 0.15) is 5.82 Å². The number of rotatable bonds is 5. The van der Waals surface area contributed by atoms with Gasteiger partial charge in [0.15, 0.2) is 5.82 Å². The molecule has 2 aromatic carbocycles. The summed E-state index contributed by atoms with van der Waals surface area (Å²) in [6, 6.07) is 15.9. The van der Waals surface area contributed by atoms with Crippen molar-refractivity contribution >= 4 is 6.03 Å². The summed E-state index contributed by atoms with van der Waals surface area (Å²) in [7, 11) is 0. The van der Waals surface area contributed by atoms with Crippen LogP contribution in [0, 0.1) is 5.82 Å². The van der Waals surface area contributed by atoms with Gasteiger partial charge in [0.25, 0.3) is 0 Å². The van der Waals surface area contributed by atoms with E-state index in [4.69, 9.17) is 0 Å². The van der Waals surface area contributed by atoms with E-state index in [-0.39, 0.29) is 11.8 Å². The molecule has 2 heterocycles. The zero-order valence-corrected chi connectivity index (χ0v) is 15.9. The van der Waals surface area contributed by atoms with Crippen molar-refractivity contribution < 1.29 is 9.18 Å². The average molecular weight is 395 g/mol. The minimum Gasteiger partial charge on any atom is -0.334 e. The molecule has 0 bridgehead atoms. The van der Waals surface area contributed by atoms with E-state index in [1.807, 2.05) is 35.2 Å². The molecule has 4 rings (SSSR count). The molecular weight excluding hydrogens is 373 g/mol. The number of carbonyl (C=O) groups is 1. The molecule has 1 aliphatic heterocycles. The maximum absolute atomic E-state index is 13.1. The Hall–Kier alpha value is -3.33. The zero-order chi connectivity index (χ0) is 20.1. The van der Waals surface area contributed by atoms with Crippen molar-refractivity contribution in [1.82, 2.24) is 35.3 Å². The first-order valence-corrected chi connectivity index (χ1v) is 9.51. The summed E-state index contributed by atoms with van der Waals surface area (Å²) in [5.41, 5.74) is 1.79. The lowest BCUT2D eigenvalue weighted by molar-refractivity contribution is 0.133. The summed E-state index contributed by atoms with van der Waals surface area (Å²) in [4.78, 5) is 16.4. The third kappa shape index (κ3) is 4.75. The van der Waals surface area contributed by atoms with Gasteiger partial charge >= 0.3 is 6.03 Å². The van der Waals surface area contributed by atoms with Crippen molar-refractivity contribution in [3.05, 3.63) is 71.8 Å². The molecule has 0 radical (unpaired) electrons. The summed E-state index contributed by atoms with van der Waals surface area (Å²) in [6.45, 7) is 3.82. The van der Waals surface area contributed by atoms with Crippen molar-refractivity contribution in [2.75, 3.05) is 26.2 Å². The van der Waals surface area contributed by atoms with E-state index in [1.165, 1.54) is 12.1 Å². The van der Waals surface area contributed by atoms with Crippen molar-refractivity contribution in [1.29, 1.82) is 0 Å². The molecule has 29 heavy (non-hydrogen) atoms. The maximum Gasteiger partial charge on any atom is 0.317 e. The quantitative estimate of drug-likeness (QED) is 0.713. The van der Waals surface area contributed by atoms with Crippen molar-refractivity contribution in [2.24, 2.45) is 0 Å². The Morgan fingerprint density at radius 3 is 2.45 bits per heavy atom. The number of halogens is 1. The monoisotopic (exact) mass is 395 g/mol. The highest BCUT2D eigenvalue weighted by atomic mass is 19.1. The van der Waals surface area contributed by atoms with Gasteiger partial charge in [-0.2, -0.15) is 4.68 Å². The number of nitrogens with one attached hydrogen (secondary N) is 1. The molecule has 1 saturated heterocycles. The van der Waals surface area contributed by atoms with Crippen LogP contribution >= 0.6 is 0 Å². The first-order chi connectivity index (χ1) is 14.2. The smallest absolute Gasteiger partial charge is 0.317 e. The van der Waals surface area contributed by atoms with Gasteiger partial charge in [-0.3, -0.25) is 4.90 Å².